The second kappa shape index (κ2) is 7.02. The van der Waals surface area contributed by atoms with Crippen molar-refractivity contribution < 1.29 is 9.53 Å². The summed E-state index contributed by atoms with van der Waals surface area (Å²) < 4.78 is 5.89. The van der Waals surface area contributed by atoms with Crippen LogP contribution >= 0.6 is 0 Å². The third kappa shape index (κ3) is 5.26. The minimum Gasteiger partial charge on any atom is -0.471 e. The van der Waals surface area contributed by atoms with Gasteiger partial charge in [0.25, 0.3) is 0 Å². The third-order valence-electron chi connectivity index (χ3n) is 3.52. The number of likely N-dealkylation sites (tertiary alicyclic amines) is 1. The molecule has 0 radical (unpaired) electrons. The summed E-state index contributed by atoms with van der Waals surface area (Å²) in [5, 5.41) is 11.2. The Morgan fingerprint density at radius 1 is 1.35 bits per heavy atom. The van der Waals surface area contributed by atoms with E-state index in [-0.39, 0.29) is 17.7 Å². The van der Waals surface area contributed by atoms with Crippen LogP contribution in [-0.4, -0.2) is 60.0 Å². The highest BCUT2D eigenvalue weighted by Crippen LogP contribution is 2.18. The van der Waals surface area contributed by atoms with Gasteiger partial charge in [0.05, 0.1) is 6.54 Å². The summed E-state index contributed by atoms with van der Waals surface area (Å²) in [6.45, 7) is 7.26. The van der Waals surface area contributed by atoms with Crippen LogP contribution in [0.2, 0.25) is 0 Å². The minimum atomic E-state index is -0.238. The molecule has 1 atom stereocenters. The SMILES string of the molecule is CN(C)c1ccc(OC2CCCN(C(=O)NC(C)(C)C)C2)nn1. The lowest BCUT2D eigenvalue weighted by Crippen LogP contribution is -2.53. The Morgan fingerprint density at radius 3 is 2.65 bits per heavy atom. The third-order valence-corrected chi connectivity index (χ3v) is 3.52. The lowest BCUT2D eigenvalue weighted by Gasteiger charge is -2.34. The number of rotatable bonds is 3. The molecule has 0 aromatic carbocycles. The van der Waals surface area contributed by atoms with Gasteiger partial charge in [-0.3, -0.25) is 0 Å². The van der Waals surface area contributed by atoms with E-state index in [0.717, 1.165) is 25.2 Å². The van der Waals surface area contributed by atoms with Crippen LogP contribution in [0.4, 0.5) is 10.6 Å². The van der Waals surface area contributed by atoms with Gasteiger partial charge in [-0.1, -0.05) is 0 Å². The molecular formula is C16H27N5O2. The first kappa shape index (κ1) is 17.3. The molecule has 0 saturated carbocycles. The fourth-order valence-corrected chi connectivity index (χ4v) is 2.40. The van der Waals surface area contributed by atoms with Crippen molar-refractivity contribution in [3.05, 3.63) is 12.1 Å². The Labute approximate surface area is 138 Å². The van der Waals surface area contributed by atoms with Crippen LogP contribution in [-0.2, 0) is 0 Å². The first-order valence-corrected chi connectivity index (χ1v) is 7.99. The molecule has 1 aliphatic heterocycles. The molecule has 2 heterocycles. The predicted molar refractivity (Wildman–Crippen MR) is 89.9 cm³/mol. The molecule has 1 fully saturated rings. The number of aromatic nitrogens is 2. The number of amides is 2. The maximum Gasteiger partial charge on any atom is 0.317 e. The molecule has 1 unspecified atom stereocenters. The number of carbonyl (C=O) groups excluding carboxylic acids is 1. The number of ether oxygens (including phenoxy) is 1. The van der Waals surface area contributed by atoms with Crippen molar-refractivity contribution >= 4 is 11.8 Å². The van der Waals surface area contributed by atoms with Gasteiger partial charge in [-0.25, -0.2) is 4.79 Å². The molecule has 1 aromatic rings. The normalized spacial score (nSPS) is 18.5. The zero-order chi connectivity index (χ0) is 17.0. The van der Waals surface area contributed by atoms with E-state index in [1.165, 1.54) is 0 Å². The zero-order valence-corrected chi connectivity index (χ0v) is 14.7. The van der Waals surface area contributed by atoms with E-state index in [1.807, 2.05) is 51.9 Å². The maximum absolute atomic E-state index is 12.3. The molecular weight excluding hydrogens is 294 g/mol. The van der Waals surface area contributed by atoms with Gasteiger partial charge >= 0.3 is 6.03 Å². The summed E-state index contributed by atoms with van der Waals surface area (Å²) in [4.78, 5) is 15.9. The fraction of sp³-hybridized carbons (Fsp3) is 0.688. The van der Waals surface area contributed by atoms with Crippen LogP contribution in [0.5, 0.6) is 5.88 Å². The predicted octanol–water partition coefficient (Wildman–Crippen LogP) is 1.89. The van der Waals surface area contributed by atoms with E-state index in [4.69, 9.17) is 4.74 Å². The summed E-state index contributed by atoms with van der Waals surface area (Å²) in [6.07, 6.45) is 1.79. The molecule has 0 aliphatic carbocycles. The van der Waals surface area contributed by atoms with Crippen molar-refractivity contribution in [3.8, 4) is 5.88 Å². The van der Waals surface area contributed by atoms with Crippen molar-refractivity contribution in [2.45, 2.75) is 45.3 Å². The van der Waals surface area contributed by atoms with Gasteiger partial charge in [-0.15, -0.1) is 10.2 Å². The second-order valence-electron chi connectivity index (χ2n) is 7.13. The lowest BCUT2D eigenvalue weighted by molar-refractivity contribution is 0.0946. The molecule has 23 heavy (non-hydrogen) atoms. The molecule has 128 valence electrons. The zero-order valence-electron chi connectivity index (χ0n) is 14.7. The highest BCUT2D eigenvalue weighted by atomic mass is 16.5. The molecule has 1 aromatic heterocycles. The summed E-state index contributed by atoms with van der Waals surface area (Å²) in [5.41, 5.74) is -0.238. The molecule has 2 amide bonds. The highest BCUT2D eigenvalue weighted by molar-refractivity contribution is 5.75. The van der Waals surface area contributed by atoms with Gasteiger partial charge in [-0.05, 0) is 39.7 Å². The molecule has 1 aliphatic rings. The van der Waals surface area contributed by atoms with Crippen LogP contribution in [0.15, 0.2) is 12.1 Å². The molecule has 7 nitrogen and oxygen atoms in total. The number of piperidine rings is 1. The topological polar surface area (TPSA) is 70.6 Å². The van der Waals surface area contributed by atoms with Crippen molar-refractivity contribution in [1.29, 1.82) is 0 Å². The van der Waals surface area contributed by atoms with Crippen molar-refractivity contribution in [2.24, 2.45) is 0 Å². The van der Waals surface area contributed by atoms with Crippen molar-refractivity contribution in [1.82, 2.24) is 20.4 Å². The average molecular weight is 321 g/mol. The smallest absolute Gasteiger partial charge is 0.317 e. The Morgan fingerprint density at radius 2 is 2.09 bits per heavy atom. The highest BCUT2D eigenvalue weighted by Gasteiger charge is 2.27. The van der Waals surface area contributed by atoms with E-state index in [9.17, 15) is 4.79 Å². The van der Waals surface area contributed by atoms with Crippen molar-refractivity contribution in [2.75, 3.05) is 32.1 Å². The first-order valence-electron chi connectivity index (χ1n) is 7.99. The van der Waals surface area contributed by atoms with E-state index in [1.54, 1.807) is 4.90 Å². The standard InChI is InChI=1S/C16H27N5O2/c1-16(2,3)17-15(22)21-10-6-7-12(11-21)23-14-9-8-13(18-19-14)20(4)5/h8-9,12H,6-7,10-11H2,1-5H3,(H,17,22). The molecule has 1 N–H and O–H groups in total. The number of urea groups is 1. The molecule has 2 rings (SSSR count). The Balaban J connectivity index is 1.92. The second-order valence-corrected chi connectivity index (χ2v) is 7.13. The van der Waals surface area contributed by atoms with Gasteiger partial charge in [0.2, 0.25) is 5.88 Å². The largest absolute Gasteiger partial charge is 0.471 e. The number of hydrogen-bond donors (Lipinski definition) is 1. The summed E-state index contributed by atoms with van der Waals surface area (Å²) in [6, 6.07) is 3.64. The fourth-order valence-electron chi connectivity index (χ4n) is 2.40. The van der Waals surface area contributed by atoms with E-state index in [0.29, 0.717) is 12.4 Å². The Bertz CT molecular complexity index is 524. The van der Waals surface area contributed by atoms with Crippen LogP contribution in [0.1, 0.15) is 33.6 Å². The number of nitrogens with zero attached hydrogens (tertiary/aromatic N) is 4. The Hall–Kier alpha value is -2.05. The monoisotopic (exact) mass is 321 g/mol. The number of carbonyl (C=O) groups is 1. The molecule has 1 saturated heterocycles. The van der Waals surface area contributed by atoms with E-state index >= 15 is 0 Å². The van der Waals surface area contributed by atoms with Gasteiger partial charge < -0.3 is 19.9 Å². The minimum absolute atomic E-state index is 0.0418. The summed E-state index contributed by atoms with van der Waals surface area (Å²) in [7, 11) is 3.83. The van der Waals surface area contributed by atoms with Crippen LogP contribution in [0.25, 0.3) is 0 Å². The van der Waals surface area contributed by atoms with E-state index < -0.39 is 0 Å². The number of anilines is 1. The molecule has 0 spiro atoms. The maximum atomic E-state index is 12.3. The molecule has 7 heteroatoms. The van der Waals surface area contributed by atoms with Gasteiger partial charge in [0, 0.05) is 32.2 Å². The number of hydrogen-bond acceptors (Lipinski definition) is 5. The van der Waals surface area contributed by atoms with Crippen LogP contribution < -0.4 is 15.0 Å². The summed E-state index contributed by atoms with van der Waals surface area (Å²) >= 11 is 0. The van der Waals surface area contributed by atoms with Gasteiger partial charge in [-0.2, -0.15) is 0 Å². The van der Waals surface area contributed by atoms with Gasteiger partial charge in [0.15, 0.2) is 5.82 Å². The van der Waals surface area contributed by atoms with E-state index in [2.05, 4.69) is 15.5 Å². The average Bonchev–Trinajstić information content (AvgIpc) is 2.46. The van der Waals surface area contributed by atoms with Gasteiger partial charge in [0.1, 0.15) is 6.10 Å². The quantitative estimate of drug-likeness (QED) is 0.920. The van der Waals surface area contributed by atoms with Crippen LogP contribution in [0.3, 0.4) is 0 Å². The summed E-state index contributed by atoms with van der Waals surface area (Å²) in [5.74, 6) is 1.28. The van der Waals surface area contributed by atoms with Crippen molar-refractivity contribution in [3.63, 3.8) is 0 Å². The molecule has 0 bridgehead atoms. The van der Waals surface area contributed by atoms with Crippen LogP contribution in [0, 0.1) is 0 Å². The number of nitrogens with one attached hydrogen (secondary N) is 1. The first-order chi connectivity index (χ1) is 10.7. The Kier molecular flexibility index (Phi) is 5.28. The lowest BCUT2D eigenvalue weighted by atomic mass is 10.1.